The van der Waals surface area contributed by atoms with Crippen LogP contribution in [0.15, 0.2) is 54.7 Å². The number of nitrogens with one attached hydrogen (secondary N) is 2. The van der Waals surface area contributed by atoms with Gasteiger partial charge in [-0.2, -0.15) is 0 Å². The SMILES string of the molecule is CN(C)C/C=C/C(=O)N[C@H]1CNCC1N(C)C(=O)c1ccc2c(c1)nc(-c1cc3cccnc3n1CC1CC1)n2C. The molecule has 1 saturated carbocycles. The minimum atomic E-state index is -0.173. The number of imidazole rings is 1. The molecule has 10 nitrogen and oxygen atoms in total. The van der Waals surface area contributed by atoms with E-state index in [9.17, 15) is 9.59 Å². The van der Waals surface area contributed by atoms with Crippen molar-refractivity contribution in [1.82, 2.24) is 39.5 Å². The smallest absolute Gasteiger partial charge is 0.254 e. The Bertz CT molecular complexity index is 1630. The third-order valence-corrected chi connectivity index (χ3v) is 8.22. The predicted molar refractivity (Wildman–Crippen MR) is 161 cm³/mol. The number of fused-ring (bicyclic) bond motifs is 2. The van der Waals surface area contributed by atoms with Crippen molar-refractivity contribution in [2.75, 3.05) is 40.8 Å². The van der Waals surface area contributed by atoms with E-state index in [4.69, 9.17) is 4.98 Å². The number of hydrogen-bond donors (Lipinski definition) is 2. The van der Waals surface area contributed by atoms with Crippen molar-refractivity contribution in [1.29, 1.82) is 0 Å². The van der Waals surface area contributed by atoms with Crippen molar-refractivity contribution in [3.63, 3.8) is 0 Å². The van der Waals surface area contributed by atoms with Crippen LogP contribution < -0.4 is 10.6 Å². The van der Waals surface area contributed by atoms with Crippen LogP contribution in [0.3, 0.4) is 0 Å². The summed E-state index contributed by atoms with van der Waals surface area (Å²) in [5, 5.41) is 7.48. The van der Waals surface area contributed by atoms with E-state index >= 15 is 0 Å². The molecule has 4 aromatic rings. The van der Waals surface area contributed by atoms with E-state index < -0.39 is 0 Å². The maximum Gasteiger partial charge on any atom is 0.254 e. The quantitative estimate of drug-likeness (QED) is 0.309. The van der Waals surface area contributed by atoms with Crippen LogP contribution in [0.5, 0.6) is 0 Å². The minimum Gasteiger partial charge on any atom is -0.346 e. The summed E-state index contributed by atoms with van der Waals surface area (Å²) in [5.74, 6) is 1.31. The predicted octanol–water partition coefficient (Wildman–Crippen LogP) is 2.65. The molecule has 0 spiro atoms. The highest BCUT2D eigenvalue weighted by Crippen LogP contribution is 2.36. The lowest BCUT2D eigenvalue weighted by molar-refractivity contribution is -0.117. The van der Waals surface area contributed by atoms with Gasteiger partial charge in [-0.25, -0.2) is 9.97 Å². The Labute approximate surface area is 240 Å². The maximum absolute atomic E-state index is 13.6. The Morgan fingerprint density at radius 3 is 2.76 bits per heavy atom. The fourth-order valence-corrected chi connectivity index (χ4v) is 5.75. The highest BCUT2D eigenvalue weighted by molar-refractivity contribution is 5.98. The topological polar surface area (TPSA) is 100 Å². The van der Waals surface area contributed by atoms with Gasteiger partial charge in [0.05, 0.1) is 28.8 Å². The van der Waals surface area contributed by atoms with E-state index in [2.05, 4.69) is 36.9 Å². The van der Waals surface area contributed by atoms with Gasteiger partial charge >= 0.3 is 0 Å². The second-order valence-corrected chi connectivity index (χ2v) is 11.6. The molecule has 41 heavy (non-hydrogen) atoms. The lowest BCUT2D eigenvalue weighted by Crippen LogP contribution is -2.51. The summed E-state index contributed by atoms with van der Waals surface area (Å²) in [5.41, 5.74) is 4.35. The summed E-state index contributed by atoms with van der Waals surface area (Å²) in [7, 11) is 7.73. The van der Waals surface area contributed by atoms with E-state index in [1.165, 1.54) is 12.8 Å². The molecule has 1 saturated heterocycles. The molecule has 2 N–H and O–H groups in total. The number of carbonyl (C=O) groups is 2. The zero-order chi connectivity index (χ0) is 28.7. The van der Waals surface area contributed by atoms with Gasteiger partial charge in [-0.15, -0.1) is 0 Å². The molecule has 1 aliphatic carbocycles. The van der Waals surface area contributed by atoms with E-state index in [1.54, 1.807) is 18.0 Å². The van der Waals surface area contributed by atoms with Crippen molar-refractivity contribution < 1.29 is 9.59 Å². The summed E-state index contributed by atoms with van der Waals surface area (Å²) in [6, 6.07) is 11.6. The van der Waals surface area contributed by atoms with E-state index in [1.807, 2.05) is 62.6 Å². The van der Waals surface area contributed by atoms with Crippen molar-refractivity contribution in [3.8, 4) is 11.5 Å². The van der Waals surface area contributed by atoms with Gasteiger partial charge in [0, 0.05) is 63.5 Å². The van der Waals surface area contributed by atoms with Crippen LogP contribution in [0.2, 0.25) is 0 Å². The van der Waals surface area contributed by atoms with Crippen molar-refractivity contribution in [2.45, 2.75) is 31.5 Å². The lowest BCUT2D eigenvalue weighted by Gasteiger charge is -2.29. The third-order valence-electron chi connectivity index (χ3n) is 8.22. The molecule has 3 aromatic heterocycles. The Kier molecular flexibility index (Phi) is 7.35. The van der Waals surface area contributed by atoms with Gasteiger partial charge in [-0.3, -0.25) is 9.59 Å². The molecule has 2 amide bonds. The molecular formula is C31H38N8O2. The average molecular weight is 555 g/mol. The number of carbonyl (C=O) groups excluding carboxylic acids is 2. The monoisotopic (exact) mass is 554 g/mol. The minimum absolute atomic E-state index is 0.0951. The highest BCUT2D eigenvalue weighted by Gasteiger charge is 2.34. The van der Waals surface area contributed by atoms with Crippen molar-refractivity contribution >= 4 is 33.9 Å². The second-order valence-electron chi connectivity index (χ2n) is 11.6. The molecule has 2 fully saturated rings. The van der Waals surface area contributed by atoms with Gasteiger partial charge in [0.2, 0.25) is 5.91 Å². The van der Waals surface area contributed by atoms with Crippen molar-refractivity contribution in [3.05, 3.63) is 60.3 Å². The van der Waals surface area contributed by atoms with Crippen LogP contribution in [-0.2, 0) is 18.4 Å². The average Bonchev–Trinajstić information content (AvgIpc) is 3.39. The Hall–Kier alpha value is -4.02. The normalized spacial score (nSPS) is 19.1. The first-order chi connectivity index (χ1) is 19.8. The molecule has 0 bridgehead atoms. The lowest BCUT2D eigenvalue weighted by atomic mass is 10.1. The first-order valence-electron chi connectivity index (χ1n) is 14.3. The first kappa shape index (κ1) is 27.2. The molecule has 4 heterocycles. The number of aromatic nitrogens is 4. The fourth-order valence-electron chi connectivity index (χ4n) is 5.75. The number of nitrogens with zero attached hydrogens (tertiary/aromatic N) is 6. The molecule has 1 aromatic carbocycles. The van der Waals surface area contributed by atoms with E-state index in [-0.39, 0.29) is 23.9 Å². The Balaban J connectivity index is 1.24. The van der Waals surface area contributed by atoms with Gasteiger partial charge < -0.3 is 29.6 Å². The first-order valence-corrected chi connectivity index (χ1v) is 14.3. The standard InChI is InChI=1S/C31H38N8O2/c1-36(2)14-6-8-28(40)34-24-17-32-18-27(24)38(4)31(41)22-11-12-25-23(15-22)35-30(37(25)3)26-16-21-7-5-13-33-29(21)39(26)19-20-9-10-20/h5-8,11-13,15-16,20,24,27,32H,9-10,14,17-19H2,1-4H3,(H,34,40)/b8-6+/t24-,27?/m0/s1. The van der Waals surface area contributed by atoms with Crippen LogP contribution in [0.1, 0.15) is 23.2 Å². The van der Waals surface area contributed by atoms with Crippen molar-refractivity contribution in [2.24, 2.45) is 13.0 Å². The highest BCUT2D eigenvalue weighted by atomic mass is 16.2. The number of amides is 2. The van der Waals surface area contributed by atoms with Gasteiger partial charge in [0.25, 0.3) is 5.91 Å². The fraction of sp³-hybridized carbons (Fsp3) is 0.419. The summed E-state index contributed by atoms with van der Waals surface area (Å²) >= 11 is 0. The summed E-state index contributed by atoms with van der Waals surface area (Å²) in [6.45, 7) is 2.85. The summed E-state index contributed by atoms with van der Waals surface area (Å²) in [6.07, 6.45) is 7.74. The number of benzene rings is 1. The molecule has 6 rings (SSSR count). The number of likely N-dealkylation sites (N-methyl/N-ethyl adjacent to an activating group) is 2. The Morgan fingerprint density at radius 1 is 1.15 bits per heavy atom. The molecular weight excluding hydrogens is 516 g/mol. The summed E-state index contributed by atoms with van der Waals surface area (Å²) < 4.78 is 4.40. The molecule has 10 heteroatoms. The second kappa shape index (κ2) is 11.1. The molecule has 2 atom stereocenters. The zero-order valence-corrected chi connectivity index (χ0v) is 24.2. The number of pyridine rings is 1. The molecule has 2 aliphatic rings. The van der Waals surface area contributed by atoms with Crippen LogP contribution in [-0.4, -0.2) is 93.6 Å². The molecule has 1 aliphatic heterocycles. The van der Waals surface area contributed by atoms with Gasteiger partial charge in [0.15, 0.2) is 5.82 Å². The van der Waals surface area contributed by atoms with Crippen LogP contribution in [0.4, 0.5) is 0 Å². The molecule has 214 valence electrons. The number of hydrogen-bond acceptors (Lipinski definition) is 6. The number of aryl methyl sites for hydroxylation is 1. The number of rotatable bonds is 9. The summed E-state index contributed by atoms with van der Waals surface area (Å²) in [4.78, 5) is 39.5. The van der Waals surface area contributed by atoms with Crippen LogP contribution in [0, 0.1) is 5.92 Å². The van der Waals surface area contributed by atoms with Crippen LogP contribution in [0.25, 0.3) is 33.6 Å². The zero-order valence-electron chi connectivity index (χ0n) is 24.2. The largest absolute Gasteiger partial charge is 0.346 e. The molecule has 1 unspecified atom stereocenters. The van der Waals surface area contributed by atoms with Gasteiger partial charge in [0.1, 0.15) is 5.65 Å². The van der Waals surface area contributed by atoms with Crippen LogP contribution >= 0.6 is 0 Å². The molecule has 0 radical (unpaired) electrons. The van der Waals surface area contributed by atoms with Gasteiger partial charge in [-0.05, 0) is 69.3 Å². The van der Waals surface area contributed by atoms with Gasteiger partial charge in [-0.1, -0.05) is 6.08 Å². The third kappa shape index (κ3) is 5.49. The van der Waals surface area contributed by atoms with E-state index in [0.717, 1.165) is 40.1 Å². The van der Waals surface area contributed by atoms with E-state index in [0.29, 0.717) is 31.1 Å². The Morgan fingerprint density at radius 2 is 1.98 bits per heavy atom. The maximum atomic E-state index is 13.6.